The monoisotopic (exact) mass is 347 g/mol. The van der Waals surface area contributed by atoms with Gasteiger partial charge in [-0.15, -0.1) is 10.2 Å². The van der Waals surface area contributed by atoms with Gasteiger partial charge in [-0.25, -0.2) is 4.98 Å². The second-order valence-electron chi connectivity index (χ2n) is 2.82. The Morgan fingerprint density at radius 3 is 2.62 bits per heavy atom. The van der Waals surface area contributed by atoms with Crippen molar-refractivity contribution in [1.82, 2.24) is 4.98 Å². The molecule has 0 bridgehead atoms. The van der Waals surface area contributed by atoms with Gasteiger partial charge >= 0.3 is 0 Å². The number of phenolic OH excluding ortho intramolecular Hbond substituents is 2. The highest BCUT2D eigenvalue weighted by molar-refractivity contribution is 14.1. The largest absolute Gasteiger partial charge is 0.504 e. The van der Waals surface area contributed by atoms with E-state index in [0.29, 0.717) is 10.8 Å². The number of hydrogen-bond acceptors (Lipinski definition) is 6. The van der Waals surface area contributed by atoms with Gasteiger partial charge in [0.1, 0.15) is 0 Å². The molecule has 82 valence electrons. The second-order valence-corrected chi connectivity index (χ2v) is 5.72. The SMILES string of the molecule is Oc1ccc(N=Nc2ncc(I)s2)cc1O. The van der Waals surface area contributed by atoms with Crippen LogP contribution in [0.2, 0.25) is 0 Å². The van der Waals surface area contributed by atoms with Gasteiger partial charge in [-0.2, -0.15) is 0 Å². The standard InChI is InChI=1S/C9H6IN3O2S/c10-8-4-11-9(16-8)13-12-5-1-2-6(14)7(15)3-5/h1-4,14-15H. The summed E-state index contributed by atoms with van der Waals surface area (Å²) in [5.41, 5.74) is 0.459. The number of halogens is 1. The summed E-state index contributed by atoms with van der Waals surface area (Å²) in [6, 6.07) is 4.24. The quantitative estimate of drug-likeness (QED) is 0.495. The van der Waals surface area contributed by atoms with Crippen LogP contribution in [-0.4, -0.2) is 15.2 Å². The first kappa shape index (κ1) is 11.3. The van der Waals surface area contributed by atoms with E-state index in [1.165, 1.54) is 23.5 Å². The van der Waals surface area contributed by atoms with Crippen LogP contribution < -0.4 is 0 Å². The number of thiazole rings is 1. The van der Waals surface area contributed by atoms with Gasteiger partial charge in [-0.1, -0.05) is 11.3 Å². The Bertz CT molecular complexity index is 541. The Kier molecular flexibility index (Phi) is 3.34. The summed E-state index contributed by atoms with van der Waals surface area (Å²) >= 11 is 3.56. The van der Waals surface area contributed by atoms with Crippen LogP contribution in [0.25, 0.3) is 0 Å². The topological polar surface area (TPSA) is 78.1 Å². The molecule has 0 saturated heterocycles. The van der Waals surface area contributed by atoms with Gasteiger partial charge in [0.05, 0.1) is 14.8 Å². The van der Waals surface area contributed by atoms with Gasteiger partial charge < -0.3 is 10.2 Å². The number of nitrogens with zero attached hydrogens (tertiary/aromatic N) is 3. The van der Waals surface area contributed by atoms with Crippen LogP contribution >= 0.6 is 33.9 Å². The van der Waals surface area contributed by atoms with Crippen molar-refractivity contribution in [3.05, 3.63) is 27.3 Å². The van der Waals surface area contributed by atoms with Crippen LogP contribution in [0.15, 0.2) is 34.6 Å². The third-order valence-electron chi connectivity index (χ3n) is 1.68. The fourth-order valence-electron chi connectivity index (χ4n) is 0.967. The zero-order chi connectivity index (χ0) is 11.5. The predicted molar refractivity (Wildman–Crippen MR) is 68.8 cm³/mol. The van der Waals surface area contributed by atoms with Gasteiger partial charge in [-0.3, -0.25) is 0 Å². The van der Waals surface area contributed by atoms with Gasteiger partial charge in [0.25, 0.3) is 0 Å². The minimum atomic E-state index is -0.217. The first-order valence-corrected chi connectivity index (χ1v) is 6.10. The molecular formula is C9H6IN3O2S. The maximum Gasteiger partial charge on any atom is 0.230 e. The molecule has 0 saturated carbocycles. The molecule has 1 heterocycles. The molecule has 0 aliphatic heterocycles. The molecule has 7 heteroatoms. The zero-order valence-corrected chi connectivity index (χ0v) is 10.8. The smallest absolute Gasteiger partial charge is 0.230 e. The van der Waals surface area contributed by atoms with Crippen LogP contribution in [0.1, 0.15) is 0 Å². The molecular weight excluding hydrogens is 341 g/mol. The first-order valence-electron chi connectivity index (χ1n) is 4.20. The van der Waals surface area contributed by atoms with Crippen LogP contribution in [0.3, 0.4) is 0 Å². The van der Waals surface area contributed by atoms with Crippen molar-refractivity contribution in [3.8, 4) is 11.5 Å². The van der Waals surface area contributed by atoms with Gasteiger partial charge in [-0.05, 0) is 34.7 Å². The maximum atomic E-state index is 9.24. The summed E-state index contributed by atoms with van der Waals surface area (Å²) in [6.45, 7) is 0. The highest BCUT2D eigenvalue weighted by Gasteiger charge is 2.00. The van der Waals surface area contributed by atoms with Crippen molar-refractivity contribution in [2.24, 2.45) is 10.2 Å². The number of benzene rings is 1. The van der Waals surface area contributed by atoms with Gasteiger partial charge in [0.2, 0.25) is 5.13 Å². The van der Waals surface area contributed by atoms with Crippen LogP contribution in [0, 0.1) is 2.88 Å². The average molecular weight is 347 g/mol. The molecule has 0 radical (unpaired) electrons. The van der Waals surface area contributed by atoms with E-state index in [-0.39, 0.29) is 11.5 Å². The molecule has 5 nitrogen and oxygen atoms in total. The molecule has 2 N–H and O–H groups in total. The number of phenols is 2. The Balaban J connectivity index is 2.20. The molecule has 1 aromatic carbocycles. The molecule has 0 unspecified atom stereocenters. The van der Waals surface area contributed by atoms with Crippen molar-refractivity contribution in [2.75, 3.05) is 0 Å². The second kappa shape index (κ2) is 4.74. The first-order chi connectivity index (χ1) is 7.65. The lowest BCUT2D eigenvalue weighted by Crippen LogP contribution is -1.67. The normalized spacial score (nSPS) is 11.1. The van der Waals surface area contributed by atoms with E-state index in [1.54, 1.807) is 12.3 Å². The molecule has 0 spiro atoms. The van der Waals surface area contributed by atoms with E-state index < -0.39 is 0 Å². The minimum Gasteiger partial charge on any atom is -0.504 e. The molecule has 1 aromatic heterocycles. The fraction of sp³-hybridized carbons (Fsp3) is 0. The van der Waals surface area contributed by atoms with Crippen molar-refractivity contribution in [1.29, 1.82) is 0 Å². The van der Waals surface area contributed by atoms with E-state index in [9.17, 15) is 5.11 Å². The Labute approximate surface area is 109 Å². The maximum absolute atomic E-state index is 9.24. The molecule has 0 amide bonds. The van der Waals surface area contributed by atoms with Crippen LogP contribution in [0.5, 0.6) is 11.5 Å². The lowest BCUT2D eigenvalue weighted by atomic mass is 10.3. The molecule has 2 aromatic rings. The van der Waals surface area contributed by atoms with E-state index in [2.05, 4.69) is 37.8 Å². The highest BCUT2D eigenvalue weighted by Crippen LogP contribution is 2.30. The van der Waals surface area contributed by atoms with E-state index >= 15 is 0 Å². The van der Waals surface area contributed by atoms with E-state index in [4.69, 9.17) is 5.11 Å². The molecule has 2 rings (SSSR count). The Morgan fingerprint density at radius 1 is 1.19 bits per heavy atom. The lowest BCUT2D eigenvalue weighted by Gasteiger charge is -1.96. The molecule has 0 aliphatic rings. The number of hydrogen-bond donors (Lipinski definition) is 2. The van der Waals surface area contributed by atoms with Crippen molar-refractivity contribution in [2.45, 2.75) is 0 Å². The van der Waals surface area contributed by atoms with E-state index in [1.807, 2.05) is 0 Å². The summed E-state index contributed by atoms with van der Waals surface area (Å²) in [7, 11) is 0. The third-order valence-corrected chi connectivity index (χ3v) is 3.28. The summed E-state index contributed by atoms with van der Waals surface area (Å²) in [5, 5.41) is 26.7. The molecule has 0 aliphatic carbocycles. The fourth-order valence-corrected chi connectivity index (χ4v) is 2.16. The lowest BCUT2D eigenvalue weighted by molar-refractivity contribution is 0.404. The number of aromatic hydroxyl groups is 2. The summed E-state index contributed by atoms with van der Waals surface area (Å²) in [6.07, 6.45) is 1.70. The highest BCUT2D eigenvalue weighted by atomic mass is 127. The van der Waals surface area contributed by atoms with Gasteiger partial charge in [0.15, 0.2) is 11.5 Å². The zero-order valence-electron chi connectivity index (χ0n) is 7.83. The van der Waals surface area contributed by atoms with Crippen LogP contribution in [0.4, 0.5) is 10.8 Å². The van der Waals surface area contributed by atoms with Crippen molar-refractivity contribution >= 4 is 44.7 Å². The Morgan fingerprint density at radius 2 is 2.00 bits per heavy atom. The van der Waals surface area contributed by atoms with Crippen molar-refractivity contribution < 1.29 is 10.2 Å². The van der Waals surface area contributed by atoms with Gasteiger partial charge in [0, 0.05) is 6.07 Å². The summed E-state index contributed by atoms with van der Waals surface area (Å²) in [5.74, 6) is -0.395. The van der Waals surface area contributed by atoms with Crippen molar-refractivity contribution in [3.63, 3.8) is 0 Å². The Hall–Kier alpha value is -1.22. The number of rotatable bonds is 2. The summed E-state index contributed by atoms with van der Waals surface area (Å²) in [4.78, 5) is 4.01. The summed E-state index contributed by atoms with van der Waals surface area (Å²) < 4.78 is 1.03. The third kappa shape index (κ3) is 2.67. The average Bonchev–Trinajstić information content (AvgIpc) is 2.66. The predicted octanol–water partition coefficient (Wildman–Crippen LogP) is 3.57. The number of azo groups is 1. The van der Waals surface area contributed by atoms with Crippen LogP contribution in [-0.2, 0) is 0 Å². The van der Waals surface area contributed by atoms with E-state index in [0.717, 1.165) is 2.88 Å². The number of aromatic nitrogens is 1. The molecule has 0 fully saturated rings. The molecule has 0 atom stereocenters. The molecule has 16 heavy (non-hydrogen) atoms. The minimum absolute atomic E-state index is 0.178.